The number of fused-ring (bicyclic) bond motifs is 3. The summed E-state index contributed by atoms with van der Waals surface area (Å²) in [7, 11) is -1.41. The minimum Gasteiger partial charge on any atom is -0.423 e. The van der Waals surface area contributed by atoms with Crippen molar-refractivity contribution in [1.29, 1.82) is 0 Å². The quantitative estimate of drug-likeness (QED) is 0.838. The molecule has 0 saturated heterocycles. The van der Waals surface area contributed by atoms with E-state index in [0.717, 1.165) is 18.4 Å². The summed E-state index contributed by atoms with van der Waals surface area (Å²) >= 11 is 0. The zero-order valence-electron chi connectivity index (χ0n) is 11.9. The van der Waals surface area contributed by atoms with E-state index in [-0.39, 0.29) is 5.41 Å². The molecule has 3 rings (SSSR count). The molecule has 0 fully saturated rings. The molecule has 0 amide bonds. The van der Waals surface area contributed by atoms with Crippen molar-refractivity contribution in [2.24, 2.45) is 0 Å². The van der Waals surface area contributed by atoms with Crippen LogP contribution >= 0.6 is 0 Å². The summed E-state index contributed by atoms with van der Waals surface area (Å²) in [6, 6.07) is 14.3. The molecule has 1 aliphatic carbocycles. The normalized spacial score (nSPS) is 14.8. The minimum atomic E-state index is -1.41. The Morgan fingerprint density at radius 2 is 1.55 bits per heavy atom. The lowest BCUT2D eigenvalue weighted by atomic mass is 9.72. The molecule has 0 atom stereocenters. The Kier molecular flexibility index (Phi) is 3.19. The van der Waals surface area contributed by atoms with Crippen molar-refractivity contribution in [2.75, 3.05) is 0 Å². The monoisotopic (exact) mass is 266 g/mol. The summed E-state index contributed by atoms with van der Waals surface area (Å²) < 4.78 is 0. The third-order valence-corrected chi connectivity index (χ3v) is 4.80. The summed E-state index contributed by atoms with van der Waals surface area (Å²) in [6.45, 7) is 4.45. The molecule has 2 aromatic carbocycles. The first-order valence-corrected chi connectivity index (χ1v) is 7.24. The van der Waals surface area contributed by atoms with Gasteiger partial charge in [-0.05, 0) is 40.6 Å². The average molecular weight is 266 g/mol. The van der Waals surface area contributed by atoms with Crippen molar-refractivity contribution in [3.05, 3.63) is 53.6 Å². The van der Waals surface area contributed by atoms with Gasteiger partial charge < -0.3 is 10.0 Å². The van der Waals surface area contributed by atoms with Gasteiger partial charge in [0.2, 0.25) is 0 Å². The van der Waals surface area contributed by atoms with E-state index in [1.807, 2.05) is 18.2 Å². The molecule has 102 valence electrons. The average Bonchev–Trinajstić information content (AvgIpc) is 2.77. The number of hydrogen-bond acceptors (Lipinski definition) is 2. The minimum absolute atomic E-state index is 0.0604. The summed E-state index contributed by atoms with van der Waals surface area (Å²) in [4.78, 5) is 0. The van der Waals surface area contributed by atoms with Gasteiger partial charge in [-0.1, -0.05) is 56.3 Å². The first-order valence-electron chi connectivity index (χ1n) is 7.24. The molecule has 0 radical (unpaired) electrons. The first kappa shape index (κ1) is 13.4. The summed E-state index contributed by atoms with van der Waals surface area (Å²) in [5, 5.41) is 18.8. The number of benzene rings is 2. The molecular formula is C17H19BO2. The van der Waals surface area contributed by atoms with Crippen LogP contribution in [-0.2, 0) is 5.41 Å². The van der Waals surface area contributed by atoms with Gasteiger partial charge in [0.25, 0.3) is 0 Å². The molecule has 20 heavy (non-hydrogen) atoms. The van der Waals surface area contributed by atoms with Gasteiger partial charge in [-0.15, -0.1) is 0 Å². The van der Waals surface area contributed by atoms with Crippen molar-refractivity contribution < 1.29 is 10.0 Å². The highest BCUT2D eigenvalue weighted by molar-refractivity contribution is 6.58. The zero-order chi connectivity index (χ0) is 14.3. The lowest BCUT2D eigenvalue weighted by molar-refractivity contribution is 0.425. The molecule has 0 spiro atoms. The van der Waals surface area contributed by atoms with Crippen molar-refractivity contribution in [3.63, 3.8) is 0 Å². The highest BCUT2D eigenvalue weighted by Gasteiger charge is 2.40. The van der Waals surface area contributed by atoms with Gasteiger partial charge in [-0.3, -0.25) is 0 Å². The van der Waals surface area contributed by atoms with Crippen LogP contribution in [0.25, 0.3) is 11.1 Å². The molecule has 3 heteroatoms. The van der Waals surface area contributed by atoms with E-state index in [1.165, 1.54) is 16.7 Å². The van der Waals surface area contributed by atoms with Crippen LogP contribution in [0.5, 0.6) is 0 Å². The van der Waals surface area contributed by atoms with Gasteiger partial charge in [0.15, 0.2) is 0 Å². The maximum atomic E-state index is 9.40. The molecule has 1 aliphatic rings. The van der Waals surface area contributed by atoms with Gasteiger partial charge in [-0.2, -0.15) is 0 Å². The van der Waals surface area contributed by atoms with E-state index in [9.17, 15) is 10.0 Å². The van der Waals surface area contributed by atoms with Crippen LogP contribution in [-0.4, -0.2) is 17.2 Å². The van der Waals surface area contributed by atoms with E-state index in [0.29, 0.717) is 5.46 Å². The highest BCUT2D eigenvalue weighted by atomic mass is 16.4. The van der Waals surface area contributed by atoms with Crippen molar-refractivity contribution in [3.8, 4) is 11.1 Å². The van der Waals surface area contributed by atoms with Crippen LogP contribution < -0.4 is 5.46 Å². The second-order valence-corrected chi connectivity index (χ2v) is 5.51. The van der Waals surface area contributed by atoms with E-state index in [4.69, 9.17) is 0 Å². The van der Waals surface area contributed by atoms with E-state index >= 15 is 0 Å². The summed E-state index contributed by atoms with van der Waals surface area (Å²) in [5.74, 6) is 0. The molecule has 0 saturated carbocycles. The number of hydrogen-bond donors (Lipinski definition) is 2. The molecule has 2 aromatic rings. The third kappa shape index (κ3) is 1.67. The largest absolute Gasteiger partial charge is 0.488 e. The maximum Gasteiger partial charge on any atom is 0.488 e. The van der Waals surface area contributed by atoms with Gasteiger partial charge in [-0.25, -0.2) is 0 Å². The zero-order valence-corrected chi connectivity index (χ0v) is 11.9. The van der Waals surface area contributed by atoms with Crippen molar-refractivity contribution in [1.82, 2.24) is 0 Å². The summed E-state index contributed by atoms with van der Waals surface area (Å²) in [5.41, 5.74) is 5.67. The second-order valence-electron chi connectivity index (χ2n) is 5.51. The fourth-order valence-corrected chi connectivity index (χ4v) is 3.65. The van der Waals surface area contributed by atoms with Crippen LogP contribution in [0.4, 0.5) is 0 Å². The van der Waals surface area contributed by atoms with Crippen LogP contribution in [0.2, 0.25) is 0 Å². The fourth-order valence-electron chi connectivity index (χ4n) is 3.65. The van der Waals surface area contributed by atoms with Gasteiger partial charge in [0.05, 0.1) is 0 Å². The van der Waals surface area contributed by atoms with E-state index in [2.05, 4.69) is 38.1 Å². The molecule has 2 N–H and O–H groups in total. The molecular weight excluding hydrogens is 247 g/mol. The van der Waals surface area contributed by atoms with E-state index in [1.54, 1.807) is 0 Å². The number of rotatable bonds is 3. The highest BCUT2D eigenvalue weighted by Crippen LogP contribution is 2.52. The van der Waals surface area contributed by atoms with Crippen LogP contribution in [0.3, 0.4) is 0 Å². The molecule has 0 unspecified atom stereocenters. The topological polar surface area (TPSA) is 40.5 Å². The first-order chi connectivity index (χ1) is 9.64. The molecule has 0 aromatic heterocycles. The SMILES string of the molecule is CCC1(CC)c2ccccc2-c2cc(B(O)O)ccc21. The van der Waals surface area contributed by atoms with Crippen molar-refractivity contribution >= 4 is 12.6 Å². The predicted molar refractivity (Wildman–Crippen MR) is 83.1 cm³/mol. The maximum absolute atomic E-state index is 9.40. The third-order valence-electron chi connectivity index (χ3n) is 4.80. The van der Waals surface area contributed by atoms with Gasteiger partial charge >= 0.3 is 7.12 Å². The van der Waals surface area contributed by atoms with Crippen LogP contribution in [0.1, 0.15) is 37.8 Å². The Balaban J connectivity index is 2.31. The fraction of sp³-hybridized carbons (Fsp3) is 0.294. The molecule has 0 heterocycles. The van der Waals surface area contributed by atoms with Gasteiger partial charge in [0.1, 0.15) is 0 Å². The smallest absolute Gasteiger partial charge is 0.423 e. The molecule has 0 bridgehead atoms. The second kappa shape index (κ2) is 4.76. The van der Waals surface area contributed by atoms with Crippen LogP contribution in [0.15, 0.2) is 42.5 Å². The Morgan fingerprint density at radius 3 is 2.20 bits per heavy atom. The van der Waals surface area contributed by atoms with Crippen molar-refractivity contribution in [2.45, 2.75) is 32.1 Å². The summed E-state index contributed by atoms with van der Waals surface area (Å²) in [6.07, 6.45) is 2.10. The predicted octanol–water partition coefficient (Wildman–Crippen LogP) is 2.45. The molecule has 0 aliphatic heterocycles. The molecule has 2 nitrogen and oxygen atoms in total. The van der Waals surface area contributed by atoms with E-state index < -0.39 is 7.12 Å². The van der Waals surface area contributed by atoms with Gasteiger partial charge in [0, 0.05) is 5.41 Å². The Bertz CT molecular complexity index is 645. The lowest BCUT2D eigenvalue weighted by Gasteiger charge is -2.29. The Hall–Kier alpha value is -1.58. The Labute approximate surface area is 120 Å². The Morgan fingerprint density at radius 1 is 0.900 bits per heavy atom. The standard InChI is InChI=1S/C17H19BO2/c1-3-17(4-2)15-8-6-5-7-13(15)14-11-12(18(19)20)9-10-16(14)17/h5-11,19-20H,3-4H2,1-2H3. The van der Waals surface area contributed by atoms with Crippen LogP contribution in [0, 0.1) is 0 Å². The lowest BCUT2D eigenvalue weighted by Crippen LogP contribution is -2.30.